The predicted octanol–water partition coefficient (Wildman–Crippen LogP) is 1.19. The predicted molar refractivity (Wildman–Crippen MR) is 55.7 cm³/mol. The molecule has 0 saturated heterocycles. The summed E-state index contributed by atoms with van der Waals surface area (Å²) in [5.41, 5.74) is 1.78. The minimum atomic E-state index is -0.381. The molecule has 1 rings (SSSR count). The Kier molecular flexibility index (Phi) is 3.71. The molecule has 0 bridgehead atoms. The van der Waals surface area contributed by atoms with Crippen molar-refractivity contribution in [3.8, 4) is 5.75 Å². The molecule has 0 amide bonds. The highest BCUT2D eigenvalue weighted by atomic mass is 16.5. The van der Waals surface area contributed by atoms with Crippen LogP contribution >= 0.6 is 0 Å². The number of aliphatic hydroxyl groups is 1. The first kappa shape index (κ1) is 10.8. The Morgan fingerprint density at radius 2 is 2.36 bits per heavy atom. The molecule has 1 heterocycles. The van der Waals surface area contributed by atoms with E-state index in [1.54, 1.807) is 20.2 Å². The van der Waals surface area contributed by atoms with Gasteiger partial charge in [-0.05, 0) is 19.9 Å². The Bertz CT molecular complexity index is 300. The van der Waals surface area contributed by atoms with Gasteiger partial charge in [0, 0.05) is 12.2 Å². The van der Waals surface area contributed by atoms with Crippen LogP contribution in [-0.2, 0) is 0 Å². The fraction of sp³-hybridized carbons (Fsp3) is 0.500. The Morgan fingerprint density at radius 3 is 2.93 bits per heavy atom. The summed E-state index contributed by atoms with van der Waals surface area (Å²) in [5.74, 6) is 0.691. The van der Waals surface area contributed by atoms with Gasteiger partial charge in [0.05, 0.1) is 25.1 Å². The van der Waals surface area contributed by atoms with Gasteiger partial charge in [0.1, 0.15) is 0 Å². The number of rotatable bonds is 4. The molecule has 0 fully saturated rings. The van der Waals surface area contributed by atoms with Crippen LogP contribution in [0.15, 0.2) is 12.3 Å². The van der Waals surface area contributed by atoms with Gasteiger partial charge in [0.2, 0.25) is 0 Å². The molecule has 0 radical (unpaired) electrons. The zero-order valence-electron chi connectivity index (χ0n) is 8.74. The summed E-state index contributed by atoms with van der Waals surface area (Å²) >= 11 is 0. The molecule has 4 nitrogen and oxygen atoms in total. The molecule has 0 aliphatic heterocycles. The zero-order valence-corrected chi connectivity index (χ0v) is 8.74. The third-order valence-electron chi connectivity index (χ3n) is 1.81. The normalized spacial score (nSPS) is 12.3. The molecule has 14 heavy (non-hydrogen) atoms. The quantitative estimate of drug-likeness (QED) is 0.759. The lowest BCUT2D eigenvalue weighted by Crippen LogP contribution is -2.15. The summed E-state index contributed by atoms with van der Waals surface area (Å²) in [6.07, 6.45) is 1.29. The van der Waals surface area contributed by atoms with Crippen molar-refractivity contribution >= 4 is 5.69 Å². The molecular formula is C10H16N2O2. The molecule has 0 aliphatic rings. The van der Waals surface area contributed by atoms with Crippen LogP contribution < -0.4 is 10.1 Å². The summed E-state index contributed by atoms with van der Waals surface area (Å²) in [5, 5.41) is 12.2. The Labute approximate surface area is 83.9 Å². The molecule has 0 aromatic carbocycles. The van der Waals surface area contributed by atoms with Crippen molar-refractivity contribution in [3.05, 3.63) is 18.0 Å². The summed E-state index contributed by atoms with van der Waals surface area (Å²) in [7, 11) is 1.60. The fourth-order valence-corrected chi connectivity index (χ4v) is 1.11. The van der Waals surface area contributed by atoms with Gasteiger partial charge in [0.15, 0.2) is 5.75 Å². The van der Waals surface area contributed by atoms with Crippen LogP contribution in [0.1, 0.15) is 12.6 Å². The molecular weight excluding hydrogens is 180 g/mol. The molecule has 4 heteroatoms. The van der Waals surface area contributed by atoms with Crippen LogP contribution in [0.2, 0.25) is 0 Å². The number of aromatic nitrogens is 1. The molecule has 0 spiro atoms. The van der Waals surface area contributed by atoms with Crippen molar-refractivity contribution in [2.75, 3.05) is 19.0 Å². The number of aliphatic hydroxyl groups excluding tert-OH is 1. The van der Waals surface area contributed by atoms with Crippen molar-refractivity contribution in [3.63, 3.8) is 0 Å². The van der Waals surface area contributed by atoms with Gasteiger partial charge in [-0.15, -0.1) is 0 Å². The monoisotopic (exact) mass is 196 g/mol. The SMILES string of the molecule is COc1cnc(C)cc1NCC(C)O. The van der Waals surface area contributed by atoms with Gasteiger partial charge in [-0.25, -0.2) is 0 Å². The first-order chi connectivity index (χ1) is 6.63. The van der Waals surface area contributed by atoms with Crippen LogP contribution in [-0.4, -0.2) is 29.8 Å². The van der Waals surface area contributed by atoms with Gasteiger partial charge in [0.25, 0.3) is 0 Å². The Hall–Kier alpha value is -1.29. The number of hydrogen-bond donors (Lipinski definition) is 2. The van der Waals surface area contributed by atoms with E-state index in [0.29, 0.717) is 12.3 Å². The molecule has 1 aromatic heterocycles. The van der Waals surface area contributed by atoms with E-state index in [1.165, 1.54) is 0 Å². The molecule has 1 atom stereocenters. The number of hydrogen-bond acceptors (Lipinski definition) is 4. The van der Waals surface area contributed by atoms with E-state index >= 15 is 0 Å². The largest absolute Gasteiger partial charge is 0.493 e. The van der Waals surface area contributed by atoms with Gasteiger partial charge < -0.3 is 15.2 Å². The summed E-state index contributed by atoms with van der Waals surface area (Å²) in [6.45, 7) is 4.14. The molecule has 1 aromatic rings. The Balaban J connectivity index is 2.77. The van der Waals surface area contributed by atoms with Crippen LogP contribution in [0, 0.1) is 6.92 Å². The summed E-state index contributed by atoms with van der Waals surface area (Å²) in [6, 6.07) is 1.89. The molecule has 1 unspecified atom stereocenters. The van der Waals surface area contributed by atoms with Gasteiger partial charge in [-0.3, -0.25) is 4.98 Å². The van der Waals surface area contributed by atoms with Crippen molar-refractivity contribution in [1.82, 2.24) is 4.98 Å². The maximum atomic E-state index is 9.13. The standard InChI is InChI=1S/C10H16N2O2/c1-7-4-9(12-5-8(2)13)10(14-3)6-11-7/h4,6,8,13H,5H2,1-3H3,(H,11,12). The maximum Gasteiger partial charge on any atom is 0.160 e. The summed E-state index contributed by atoms with van der Waals surface area (Å²) < 4.78 is 5.13. The van der Waals surface area contributed by atoms with Crippen LogP contribution in [0.25, 0.3) is 0 Å². The highest BCUT2D eigenvalue weighted by molar-refractivity contribution is 5.55. The van der Waals surface area contributed by atoms with Gasteiger partial charge >= 0.3 is 0 Å². The number of ether oxygens (including phenoxy) is 1. The van der Waals surface area contributed by atoms with Crippen LogP contribution in [0.5, 0.6) is 5.75 Å². The van der Waals surface area contributed by atoms with Gasteiger partial charge in [-0.1, -0.05) is 0 Å². The minimum Gasteiger partial charge on any atom is -0.493 e. The average Bonchev–Trinajstić information content (AvgIpc) is 2.15. The van der Waals surface area contributed by atoms with E-state index in [0.717, 1.165) is 11.4 Å². The number of pyridine rings is 1. The second kappa shape index (κ2) is 4.81. The number of methoxy groups -OCH3 is 1. The van der Waals surface area contributed by atoms with Crippen LogP contribution in [0.4, 0.5) is 5.69 Å². The van der Waals surface area contributed by atoms with E-state index in [-0.39, 0.29) is 6.10 Å². The minimum absolute atomic E-state index is 0.381. The van der Waals surface area contributed by atoms with Crippen molar-refractivity contribution < 1.29 is 9.84 Å². The maximum absolute atomic E-state index is 9.13. The lowest BCUT2D eigenvalue weighted by molar-refractivity contribution is 0.208. The second-order valence-corrected chi connectivity index (χ2v) is 3.26. The highest BCUT2D eigenvalue weighted by Crippen LogP contribution is 2.23. The zero-order chi connectivity index (χ0) is 10.6. The van der Waals surface area contributed by atoms with Crippen molar-refractivity contribution in [1.29, 1.82) is 0 Å². The van der Waals surface area contributed by atoms with Crippen LogP contribution in [0.3, 0.4) is 0 Å². The molecule has 78 valence electrons. The van der Waals surface area contributed by atoms with E-state index in [1.807, 2.05) is 13.0 Å². The fourth-order valence-electron chi connectivity index (χ4n) is 1.11. The molecule has 0 saturated carbocycles. The Morgan fingerprint density at radius 1 is 1.64 bits per heavy atom. The lowest BCUT2D eigenvalue weighted by Gasteiger charge is -2.12. The first-order valence-corrected chi connectivity index (χ1v) is 4.56. The average molecular weight is 196 g/mol. The second-order valence-electron chi connectivity index (χ2n) is 3.26. The third kappa shape index (κ3) is 2.88. The third-order valence-corrected chi connectivity index (χ3v) is 1.81. The number of anilines is 1. The topological polar surface area (TPSA) is 54.4 Å². The lowest BCUT2D eigenvalue weighted by atomic mass is 10.3. The van der Waals surface area contributed by atoms with E-state index < -0.39 is 0 Å². The van der Waals surface area contributed by atoms with E-state index in [2.05, 4.69) is 10.3 Å². The first-order valence-electron chi connectivity index (χ1n) is 4.56. The highest BCUT2D eigenvalue weighted by Gasteiger charge is 2.04. The van der Waals surface area contributed by atoms with Crippen molar-refractivity contribution in [2.45, 2.75) is 20.0 Å². The molecule has 2 N–H and O–H groups in total. The number of aryl methyl sites for hydroxylation is 1. The van der Waals surface area contributed by atoms with Gasteiger partial charge in [-0.2, -0.15) is 0 Å². The molecule has 0 aliphatic carbocycles. The smallest absolute Gasteiger partial charge is 0.160 e. The van der Waals surface area contributed by atoms with Crippen molar-refractivity contribution in [2.24, 2.45) is 0 Å². The van der Waals surface area contributed by atoms with E-state index in [4.69, 9.17) is 9.84 Å². The number of nitrogens with one attached hydrogen (secondary N) is 1. The number of nitrogens with zero attached hydrogens (tertiary/aromatic N) is 1. The van der Waals surface area contributed by atoms with E-state index in [9.17, 15) is 0 Å². The summed E-state index contributed by atoms with van der Waals surface area (Å²) in [4.78, 5) is 4.11.